The van der Waals surface area contributed by atoms with Crippen LogP contribution in [0, 0.1) is 18.3 Å². The third-order valence-electron chi connectivity index (χ3n) is 3.56. The lowest BCUT2D eigenvalue weighted by atomic mass is 10.1. The Kier molecular flexibility index (Phi) is 5.42. The van der Waals surface area contributed by atoms with E-state index in [1.54, 1.807) is 6.92 Å². The molecule has 0 saturated heterocycles. The fourth-order valence-electron chi connectivity index (χ4n) is 2.28. The molecule has 0 spiro atoms. The maximum Gasteiger partial charge on any atom is 0.271 e. The summed E-state index contributed by atoms with van der Waals surface area (Å²) in [6.07, 6.45) is 0. The van der Waals surface area contributed by atoms with E-state index >= 15 is 0 Å². The van der Waals surface area contributed by atoms with Gasteiger partial charge < -0.3 is 15.5 Å². The van der Waals surface area contributed by atoms with Crippen molar-refractivity contribution < 1.29 is 10.2 Å². The zero-order valence-corrected chi connectivity index (χ0v) is 14.1. The SMILES string of the molecule is Cc1c(CNc2ccc(Br)cc2)c(O)n(CCO)c(=O)c1C#N. The number of benzene rings is 1. The van der Waals surface area contributed by atoms with Crippen molar-refractivity contribution in [3.63, 3.8) is 0 Å². The molecule has 120 valence electrons. The van der Waals surface area contributed by atoms with Gasteiger partial charge in [0.05, 0.1) is 13.2 Å². The summed E-state index contributed by atoms with van der Waals surface area (Å²) in [5, 5.41) is 31.7. The van der Waals surface area contributed by atoms with Crippen LogP contribution in [0.25, 0.3) is 0 Å². The van der Waals surface area contributed by atoms with Crippen molar-refractivity contribution in [2.75, 3.05) is 11.9 Å². The Morgan fingerprint density at radius 1 is 1.35 bits per heavy atom. The Hall–Kier alpha value is -2.30. The molecule has 0 atom stereocenters. The molecule has 3 N–H and O–H groups in total. The Morgan fingerprint density at radius 2 is 2.00 bits per heavy atom. The second-order valence-electron chi connectivity index (χ2n) is 4.95. The van der Waals surface area contributed by atoms with Gasteiger partial charge in [-0.25, -0.2) is 0 Å². The molecule has 0 unspecified atom stereocenters. The summed E-state index contributed by atoms with van der Waals surface area (Å²) in [5.41, 5.74) is 1.12. The van der Waals surface area contributed by atoms with Crippen LogP contribution < -0.4 is 10.9 Å². The number of halogens is 1. The van der Waals surface area contributed by atoms with E-state index in [1.165, 1.54) is 0 Å². The second-order valence-corrected chi connectivity index (χ2v) is 5.87. The molecule has 0 aliphatic carbocycles. The fourth-order valence-corrected chi connectivity index (χ4v) is 2.55. The van der Waals surface area contributed by atoms with E-state index in [0.29, 0.717) is 11.1 Å². The van der Waals surface area contributed by atoms with Crippen LogP contribution in [0.1, 0.15) is 16.7 Å². The molecule has 0 amide bonds. The van der Waals surface area contributed by atoms with E-state index in [-0.39, 0.29) is 31.1 Å². The summed E-state index contributed by atoms with van der Waals surface area (Å²) in [7, 11) is 0. The molecule has 1 aromatic carbocycles. The lowest BCUT2D eigenvalue weighted by molar-refractivity contribution is 0.263. The average Bonchev–Trinajstić information content (AvgIpc) is 2.53. The predicted molar refractivity (Wildman–Crippen MR) is 90.4 cm³/mol. The van der Waals surface area contributed by atoms with Gasteiger partial charge in [-0.3, -0.25) is 9.36 Å². The largest absolute Gasteiger partial charge is 0.494 e. The van der Waals surface area contributed by atoms with E-state index in [4.69, 9.17) is 5.11 Å². The lowest BCUT2D eigenvalue weighted by Crippen LogP contribution is -2.27. The second kappa shape index (κ2) is 7.31. The number of aliphatic hydroxyl groups excluding tert-OH is 1. The number of aliphatic hydroxyl groups is 1. The molecule has 0 saturated carbocycles. The molecule has 0 aliphatic rings. The molecule has 2 rings (SSSR count). The van der Waals surface area contributed by atoms with Crippen molar-refractivity contribution in [1.82, 2.24) is 4.57 Å². The van der Waals surface area contributed by atoms with Gasteiger partial charge in [0, 0.05) is 22.3 Å². The molecule has 2 aromatic rings. The van der Waals surface area contributed by atoms with Gasteiger partial charge in [-0.1, -0.05) is 15.9 Å². The number of hydrogen-bond acceptors (Lipinski definition) is 5. The summed E-state index contributed by atoms with van der Waals surface area (Å²) in [4.78, 5) is 12.1. The highest BCUT2D eigenvalue weighted by Gasteiger charge is 2.18. The molecule has 0 fully saturated rings. The molecular formula is C16H16BrN3O3. The van der Waals surface area contributed by atoms with Crippen LogP contribution in [0.2, 0.25) is 0 Å². The molecular weight excluding hydrogens is 362 g/mol. The van der Waals surface area contributed by atoms with E-state index in [0.717, 1.165) is 14.7 Å². The Morgan fingerprint density at radius 3 is 2.57 bits per heavy atom. The van der Waals surface area contributed by atoms with Gasteiger partial charge in [-0.2, -0.15) is 5.26 Å². The van der Waals surface area contributed by atoms with E-state index in [1.807, 2.05) is 30.3 Å². The van der Waals surface area contributed by atoms with Crippen molar-refractivity contribution in [3.05, 3.63) is 55.8 Å². The van der Waals surface area contributed by atoms with Crippen molar-refractivity contribution in [2.24, 2.45) is 0 Å². The first-order valence-corrected chi connectivity index (χ1v) is 7.74. The van der Waals surface area contributed by atoms with Crippen LogP contribution in [-0.4, -0.2) is 21.4 Å². The van der Waals surface area contributed by atoms with Gasteiger partial charge in [0.2, 0.25) is 0 Å². The van der Waals surface area contributed by atoms with Crippen LogP contribution in [0.3, 0.4) is 0 Å². The van der Waals surface area contributed by atoms with Crippen LogP contribution in [0.15, 0.2) is 33.5 Å². The molecule has 0 radical (unpaired) electrons. The smallest absolute Gasteiger partial charge is 0.271 e. The fraction of sp³-hybridized carbons (Fsp3) is 0.250. The first-order chi connectivity index (χ1) is 11.0. The van der Waals surface area contributed by atoms with Gasteiger partial charge >= 0.3 is 0 Å². The van der Waals surface area contributed by atoms with Crippen molar-refractivity contribution >= 4 is 21.6 Å². The van der Waals surface area contributed by atoms with Gasteiger partial charge in [-0.15, -0.1) is 0 Å². The lowest BCUT2D eigenvalue weighted by Gasteiger charge is -2.16. The number of aromatic nitrogens is 1. The van der Waals surface area contributed by atoms with E-state index < -0.39 is 5.56 Å². The van der Waals surface area contributed by atoms with Crippen molar-refractivity contribution in [1.29, 1.82) is 5.26 Å². The van der Waals surface area contributed by atoms with Gasteiger partial charge in [0.1, 0.15) is 11.6 Å². The Bertz CT molecular complexity index is 807. The standard InChI is InChI=1S/C16H16BrN3O3/c1-10-13(8-18)15(22)20(6-7-21)16(23)14(10)9-19-12-4-2-11(17)3-5-12/h2-5,19,21,23H,6-7,9H2,1H3. The van der Waals surface area contributed by atoms with Crippen LogP contribution >= 0.6 is 15.9 Å². The van der Waals surface area contributed by atoms with Crippen LogP contribution in [-0.2, 0) is 13.1 Å². The summed E-state index contributed by atoms with van der Waals surface area (Å²) in [5.74, 6) is -0.231. The van der Waals surface area contributed by atoms with E-state index in [9.17, 15) is 15.2 Å². The summed E-state index contributed by atoms with van der Waals surface area (Å²) in [6, 6.07) is 9.36. The molecule has 0 bridgehead atoms. The van der Waals surface area contributed by atoms with Gasteiger partial charge in [0.15, 0.2) is 5.88 Å². The average molecular weight is 378 g/mol. The van der Waals surface area contributed by atoms with Crippen molar-refractivity contribution in [2.45, 2.75) is 20.0 Å². The molecule has 23 heavy (non-hydrogen) atoms. The number of pyridine rings is 1. The molecule has 0 aliphatic heterocycles. The van der Waals surface area contributed by atoms with E-state index in [2.05, 4.69) is 21.2 Å². The molecule has 1 heterocycles. The monoisotopic (exact) mass is 377 g/mol. The normalized spacial score (nSPS) is 10.3. The quantitative estimate of drug-likeness (QED) is 0.740. The third-order valence-corrected chi connectivity index (χ3v) is 4.09. The maximum atomic E-state index is 12.1. The number of rotatable bonds is 5. The zero-order chi connectivity index (χ0) is 17.0. The minimum absolute atomic E-state index is 0.0242. The predicted octanol–water partition coefficient (Wildman–Crippen LogP) is 2.10. The highest BCUT2D eigenvalue weighted by Crippen LogP contribution is 2.23. The number of nitrogens with one attached hydrogen (secondary N) is 1. The molecule has 7 heteroatoms. The first-order valence-electron chi connectivity index (χ1n) is 6.95. The van der Waals surface area contributed by atoms with Crippen LogP contribution in [0.4, 0.5) is 5.69 Å². The van der Waals surface area contributed by atoms with Crippen molar-refractivity contribution in [3.8, 4) is 11.9 Å². The Labute approximate surface area is 141 Å². The highest BCUT2D eigenvalue weighted by atomic mass is 79.9. The minimum Gasteiger partial charge on any atom is -0.494 e. The number of nitrogens with zero attached hydrogens (tertiary/aromatic N) is 2. The summed E-state index contributed by atoms with van der Waals surface area (Å²) in [6.45, 7) is 1.51. The summed E-state index contributed by atoms with van der Waals surface area (Å²) < 4.78 is 1.97. The number of hydrogen-bond donors (Lipinski definition) is 3. The molecule has 6 nitrogen and oxygen atoms in total. The number of nitriles is 1. The zero-order valence-electron chi connectivity index (χ0n) is 12.5. The van der Waals surface area contributed by atoms with Gasteiger partial charge in [0.25, 0.3) is 5.56 Å². The van der Waals surface area contributed by atoms with Crippen LogP contribution in [0.5, 0.6) is 5.88 Å². The van der Waals surface area contributed by atoms with Gasteiger partial charge in [-0.05, 0) is 36.8 Å². The summed E-state index contributed by atoms with van der Waals surface area (Å²) >= 11 is 3.35. The third kappa shape index (κ3) is 3.55. The number of aromatic hydroxyl groups is 1. The maximum absolute atomic E-state index is 12.1. The number of anilines is 1. The first kappa shape index (κ1) is 17.1. The molecule has 1 aromatic heterocycles. The minimum atomic E-state index is -0.594. The topological polar surface area (TPSA) is 98.3 Å². The highest BCUT2D eigenvalue weighted by molar-refractivity contribution is 9.10. The Balaban J connectivity index is 2.41.